The van der Waals surface area contributed by atoms with E-state index in [9.17, 15) is 14.9 Å². The Balaban J connectivity index is 2.43. The fourth-order valence-corrected chi connectivity index (χ4v) is 1.93. The lowest BCUT2D eigenvalue weighted by Gasteiger charge is -2.11. The minimum absolute atomic E-state index is 0.0408. The van der Waals surface area contributed by atoms with Crippen LogP contribution in [-0.2, 0) is 7.05 Å². The van der Waals surface area contributed by atoms with Gasteiger partial charge in [-0.1, -0.05) is 0 Å². The maximum Gasteiger partial charge on any atom is 0.296 e. The zero-order chi connectivity index (χ0) is 17.1. The highest BCUT2D eigenvalue weighted by Gasteiger charge is 2.23. The molecule has 23 heavy (non-hydrogen) atoms. The van der Waals surface area contributed by atoms with Crippen molar-refractivity contribution in [3.63, 3.8) is 0 Å². The summed E-state index contributed by atoms with van der Waals surface area (Å²) in [5, 5.41) is 17.5. The van der Waals surface area contributed by atoms with E-state index in [0.717, 1.165) is 0 Å². The standard InChI is InChI=1S/C13H15N5O5/c1-17-12(14)7(6-15-17)13(19)16-8-4-10(22-2)11(23-3)5-9(8)18(20)21/h4-6H,14H2,1-3H3,(H,16,19). The Hall–Kier alpha value is -3.30. The normalized spacial score (nSPS) is 10.2. The van der Waals surface area contributed by atoms with Gasteiger partial charge in [-0.3, -0.25) is 19.6 Å². The molecule has 10 heteroatoms. The number of carbonyl (C=O) groups is 1. The first-order valence-corrected chi connectivity index (χ1v) is 6.38. The van der Waals surface area contributed by atoms with E-state index in [1.54, 1.807) is 7.05 Å². The second kappa shape index (κ2) is 6.22. The van der Waals surface area contributed by atoms with Crippen LogP contribution in [-0.4, -0.2) is 34.8 Å². The molecule has 0 atom stereocenters. The highest BCUT2D eigenvalue weighted by Crippen LogP contribution is 2.37. The third-order valence-corrected chi connectivity index (χ3v) is 3.18. The summed E-state index contributed by atoms with van der Waals surface area (Å²) in [6.45, 7) is 0. The van der Waals surface area contributed by atoms with E-state index in [-0.39, 0.29) is 34.3 Å². The summed E-state index contributed by atoms with van der Waals surface area (Å²) < 4.78 is 11.4. The third-order valence-electron chi connectivity index (χ3n) is 3.18. The van der Waals surface area contributed by atoms with E-state index in [2.05, 4.69) is 10.4 Å². The number of nitrogens with one attached hydrogen (secondary N) is 1. The van der Waals surface area contributed by atoms with Crippen molar-refractivity contribution in [3.8, 4) is 11.5 Å². The van der Waals surface area contributed by atoms with Crippen molar-refractivity contribution < 1.29 is 19.2 Å². The van der Waals surface area contributed by atoms with Crippen molar-refractivity contribution in [2.24, 2.45) is 7.05 Å². The molecule has 1 heterocycles. The number of anilines is 2. The average molecular weight is 321 g/mol. The van der Waals surface area contributed by atoms with Gasteiger partial charge in [0.15, 0.2) is 11.5 Å². The zero-order valence-electron chi connectivity index (χ0n) is 12.7. The van der Waals surface area contributed by atoms with E-state index in [0.29, 0.717) is 0 Å². The van der Waals surface area contributed by atoms with Crippen molar-refractivity contribution in [1.82, 2.24) is 9.78 Å². The molecule has 0 aliphatic heterocycles. The number of nitrogens with two attached hydrogens (primary N) is 1. The van der Waals surface area contributed by atoms with Gasteiger partial charge < -0.3 is 20.5 Å². The first-order chi connectivity index (χ1) is 10.9. The van der Waals surface area contributed by atoms with Crippen LogP contribution in [0.4, 0.5) is 17.2 Å². The molecule has 1 aromatic carbocycles. The molecular weight excluding hydrogens is 306 g/mol. The average Bonchev–Trinajstić information content (AvgIpc) is 2.86. The summed E-state index contributed by atoms with van der Waals surface area (Å²) in [6.07, 6.45) is 1.28. The van der Waals surface area contributed by atoms with Crippen molar-refractivity contribution in [3.05, 3.63) is 34.0 Å². The van der Waals surface area contributed by atoms with Crippen LogP contribution in [0.25, 0.3) is 0 Å². The van der Waals surface area contributed by atoms with Crippen LogP contribution in [0.5, 0.6) is 11.5 Å². The smallest absolute Gasteiger partial charge is 0.296 e. The number of nitro benzene ring substituents is 1. The summed E-state index contributed by atoms with van der Waals surface area (Å²) in [4.78, 5) is 22.8. The number of nitrogen functional groups attached to an aromatic ring is 1. The van der Waals surface area contributed by atoms with E-state index < -0.39 is 10.8 Å². The van der Waals surface area contributed by atoms with E-state index in [1.807, 2.05) is 0 Å². The number of amides is 1. The topological polar surface area (TPSA) is 135 Å². The van der Waals surface area contributed by atoms with Gasteiger partial charge in [-0.25, -0.2) is 0 Å². The molecule has 0 spiro atoms. The predicted molar refractivity (Wildman–Crippen MR) is 81.8 cm³/mol. The van der Waals surface area contributed by atoms with Gasteiger partial charge in [-0.2, -0.15) is 5.10 Å². The molecule has 0 radical (unpaired) electrons. The Kier molecular flexibility index (Phi) is 4.35. The fraction of sp³-hybridized carbons (Fsp3) is 0.231. The second-order valence-corrected chi connectivity index (χ2v) is 4.50. The van der Waals surface area contributed by atoms with E-state index in [1.165, 1.54) is 37.2 Å². The molecule has 1 amide bonds. The number of hydrogen-bond acceptors (Lipinski definition) is 7. The SMILES string of the molecule is COc1cc(NC(=O)c2cnn(C)c2N)c([N+](=O)[O-])cc1OC. The summed E-state index contributed by atoms with van der Waals surface area (Å²) in [5.74, 6) is -0.0535. The molecule has 3 N–H and O–H groups in total. The summed E-state index contributed by atoms with van der Waals surface area (Å²) in [7, 11) is 4.32. The number of aryl methyl sites for hydroxylation is 1. The Morgan fingerprint density at radius 1 is 1.35 bits per heavy atom. The van der Waals surface area contributed by atoms with Gasteiger partial charge in [0.25, 0.3) is 11.6 Å². The van der Waals surface area contributed by atoms with Gasteiger partial charge in [-0.15, -0.1) is 0 Å². The molecule has 0 fully saturated rings. The van der Waals surface area contributed by atoms with Crippen LogP contribution < -0.4 is 20.5 Å². The van der Waals surface area contributed by atoms with Crippen LogP contribution in [0.2, 0.25) is 0 Å². The predicted octanol–water partition coefficient (Wildman–Crippen LogP) is 1.18. The minimum atomic E-state index is -0.635. The van der Waals surface area contributed by atoms with Crippen molar-refractivity contribution in [1.29, 1.82) is 0 Å². The van der Waals surface area contributed by atoms with Gasteiger partial charge in [0.2, 0.25) is 0 Å². The lowest BCUT2D eigenvalue weighted by Crippen LogP contribution is -2.15. The molecule has 0 aliphatic rings. The van der Waals surface area contributed by atoms with Crippen LogP contribution in [0.3, 0.4) is 0 Å². The summed E-state index contributed by atoms with van der Waals surface area (Å²) in [5.41, 5.74) is 5.45. The molecule has 0 saturated heterocycles. The van der Waals surface area contributed by atoms with Crippen LogP contribution in [0.15, 0.2) is 18.3 Å². The van der Waals surface area contributed by atoms with Crippen LogP contribution >= 0.6 is 0 Å². The number of ether oxygens (including phenoxy) is 2. The number of benzene rings is 1. The first-order valence-electron chi connectivity index (χ1n) is 6.38. The fourth-order valence-electron chi connectivity index (χ4n) is 1.93. The minimum Gasteiger partial charge on any atom is -0.493 e. The maximum atomic E-state index is 12.2. The van der Waals surface area contributed by atoms with Gasteiger partial charge in [-0.05, 0) is 0 Å². The first kappa shape index (κ1) is 16.1. The largest absolute Gasteiger partial charge is 0.493 e. The zero-order valence-corrected chi connectivity index (χ0v) is 12.7. The monoisotopic (exact) mass is 321 g/mol. The van der Waals surface area contributed by atoms with Gasteiger partial charge in [0.1, 0.15) is 17.1 Å². The number of carbonyl (C=O) groups excluding carboxylic acids is 1. The molecule has 10 nitrogen and oxygen atoms in total. The molecule has 0 aliphatic carbocycles. The highest BCUT2D eigenvalue weighted by molar-refractivity contribution is 6.08. The van der Waals surface area contributed by atoms with Gasteiger partial charge in [0.05, 0.1) is 31.4 Å². The highest BCUT2D eigenvalue weighted by atomic mass is 16.6. The van der Waals surface area contributed by atoms with E-state index >= 15 is 0 Å². The molecule has 122 valence electrons. The number of nitro groups is 1. The van der Waals surface area contributed by atoms with Crippen molar-refractivity contribution >= 4 is 23.1 Å². The Labute approximate surface area is 130 Å². The summed E-state index contributed by atoms with van der Waals surface area (Å²) >= 11 is 0. The Morgan fingerprint density at radius 3 is 2.43 bits per heavy atom. The number of methoxy groups -OCH3 is 2. The molecule has 0 unspecified atom stereocenters. The molecule has 1 aromatic heterocycles. The van der Waals surface area contributed by atoms with Crippen molar-refractivity contribution in [2.45, 2.75) is 0 Å². The summed E-state index contributed by atoms with van der Waals surface area (Å²) in [6, 6.07) is 2.47. The maximum absolute atomic E-state index is 12.2. The molecule has 2 aromatic rings. The second-order valence-electron chi connectivity index (χ2n) is 4.50. The number of rotatable bonds is 5. The quantitative estimate of drug-likeness (QED) is 0.623. The van der Waals surface area contributed by atoms with E-state index in [4.69, 9.17) is 15.2 Å². The molecular formula is C13H15N5O5. The lowest BCUT2D eigenvalue weighted by molar-refractivity contribution is -0.384. The van der Waals surface area contributed by atoms with Crippen LogP contribution in [0, 0.1) is 10.1 Å². The Morgan fingerprint density at radius 2 is 1.96 bits per heavy atom. The number of aromatic nitrogens is 2. The van der Waals surface area contributed by atoms with Crippen molar-refractivity contribution in [2.75, 3.05) is 25.3 Å². The van der Waals surface area contributed by atoms with Gasteiger partial charge >= 0.3 is 0 Å². The number of nitrogens with zero attached hydrogens (tertiary/aromatic N) is 3. The molecule has 0 saturated carbocycles. The van der Waals surface area contributed by atoms with Crippen LogP contribution in [0.1, 0.15) is 10.4 Å². The third kappa shape index (κ3) is 3.00. The number of hydrogen-bond donors (Lipinski definition) is 2. The molecule has 0 bridgehead atoms. The lowest BCUT2D eigenvalue weighted by atomic mass is 10.2. The molecule has 2 rings (SSSR count). The Bertz CT molecular complexity index is 770. The van der Waals surface area contributed by atoms with Gasteiger partial charge in [0, 0.05) is 13.1 Å².